The monoisotopic (exact) mass is 230 g/mol. The van der Waals surface area contributed by atoms with Gasteiger partial charge in [0, 0.05) is 31.7 Å². The second-order valence-electron chi connectivity index (χ2n) is 5.57. The Morgan fingerprint density at radius 3 is 2.65 bits per heavy atom. The van der Waals surface area contributed by atoms with Crippen molar-refractivity contribution in [3.05, 3.63) is 11.8 Å². The fraction of sp³-hybridized carbons (Fsp3) is 0.692. The predicted octanol–water partition coefficient (Wildman–Crippen LogP) is 2.06. The van der Waals surface area contributed by atoms with Crippen molar-refractivity contribution in [2.24, 2.45) is 12.5 Å². The molecule has 1 spiro atoms. The van der Waals surface area contributed by atoms with Crippen LogP contribution in [0.4, 0.5) is 5.82 Å². The Labute approximate surface area is 102 Å². The number of nitrogens with zero attached hydrogens (tertiary/aromatic N) is 4. The summed E-state index contributed by atoms with van der Waals surface area (Å²) in [6.07, 6.45) is 8.68. The van der Waals surface area contributed by atoms with E-state index in [4.69, 9.17) is 5.26 Å². The van der Waals surface area contributed by atoms with Gasteiger partial charge in [0.05, 0.1) is 0 Å². The van der Waals surface area contributed by atoms with Crippen LogP contribution in [0, 0.1) is 16.7 Å². The second-order valence-corrected chi connectivity index (χ2v) is 5.57. The second kappa shape index (κ2) is 3.76. The van der Waals surface area contributed by atoms with Crippen molar-refractivity contribution in [1.29, 1.82) is 5.26 Å². The number of aromatic nitrogens is 2. The zero-order chi connectivity index (χ0) is 11.9. The first kappa shape index (κ1) is 10.6. The first-order chi connectivity index (χ1) is 8.22. The van der Waals surface area contributed by atoms with E-state index in [1.165, 1.54) is 32.1 Å². The first-order valence-corrected chi connectivity index (χ1v) is 6.41. The Morgan fingerprint density at radius 1 is 1.29 bits per heavy atom. The van der Waals surface area contributed by atoms with Crippen LogP contribution in [-0.4, -0.2) is 22.9 Å². The van der Waals surface area contributed by atoms with E-state index in [1.54, 1.807) is 10.9 Å². The van der Waals surface area contributed by atoms with Gasteiger partial charge in [0.1, 0.15) is 11.6 Å². The molecule has 1 saturated heterocycles. The van der Waals surface area contributed by atoms with E-state index in [2.05, 4.69) is 16.1 Å². The van der Waals surface area contributed by atoms with E-state index in [9.17, 15) is 0 Å². The molecule has 2 fully saturated rings. The Hall–Kier alpha value is -1.50. The molecule has 4 heteroatoms. The molecule has 1 aromatic heterocycles. The number of rotatable bonds is 1. The van der Waals surface area contributed by atoms with Crippen LogP contribution < -0.4 is 4.90 Å². The third-order valence-corrected chi connectivity index (χ3v) is 4.20. The molecule has 2 heterocycles. The molecular weight excluding hydrogens is 212 g/mol. The molecule has 0 bridgehead atoms. The number of anilines is 1. The van der Waals surface area contributed by atoms with E-state index < -0.39 is 0 Å². The highest BCUT2D eigenvalue weighted by molar-refractivity contribution is 5.55. The minimum absolute atomic E-state index is 0.544. The topological polar surface area (TPSA) is 44.9 Å². The van der Waals surface area contributed by atoms with Gasteiger partial charge in [-0.15, -0.1) is 0 Å². The molecule has 1 aliphatic heterocycles. The molecule has 0 N–H and O–H groups in total. The summed E-state index contributed by atoms with van der Waals surface area (Å²) in [4.78, 5) is 2.27. The maximum atomic E-state index is 9.07. The average molecular weight is 230 g/mol. The molecule has 1 saturated carbocycles. The first-order valence-electron chi connectivity index (χ1n) is 6.41. The lowest BCUT2D eigenvalue weighted by molar-refractivity contribution is 0.138. The molecular formula is C13H18N4. The van der Waals surface area contributed by atoms with Gasteiger partial charge < -0.3 is 4.90 Å². The minimum atomic E-state index is 0.544. The van der Waals surface area contributed by atoms with Crippen LogP contribution in [-0.2, 0) is 7.05 Å². The smallest absolute Gasteiger partial charge is 0.168 e. The van der Waals surface area contributed by atoms with Crippen LogP contribution in [0.15, 0.2) is 6.20 Å². The van der Waals surface area contributed by atoms with E-state index in [1.807, 2.05) is 7.05 Å². The summed E-state index contributed by atoms with van der Waals surface area (Å²) in [6, 6.07) is 2.23. The molecule has 17 heavy (non-hydrogen) atoms. The predicted molar refractivity (Wildman–Crippen MR) is 65.7 cm³/mol. The summed E-state index contributed by atoms with van der Waals surface area (Å²) >= 11 is 0. The van der Waals surface area contributed by atoms with E-state index in [0.29, 0.717) is 11.0 Å². The Morgan fingerprint density at radius 2 is 2.00 bits per heavy atom. The number of nitriles is 1. The molecule has 3 rings (SSSR count). The maximum absolute atomic E-state index is 9.07. The van der Waals surface area contributed by atoms with Gasteiger partial charge in [0.2, 0.25) is 0 Å². The highest BCUT2D eigenvalue weighted by atomic mass is 15.4. The molecule has 0 aromatic carbocycles. The number of aryl methyl sites for hydroxylation is 1. The Bertz CT molecular complexity index is 454. The molecule has 0 amide bonds. The van der Waals surface area contributed by atoms with Crippen LogP contribution in [0.25, 0.3) is 0 Å². The minimum Gasteiger partial charge on any atom is -0.353 e. The fourth-order valence-electron chi connectivity index (χ4n) is 3.32. The van der Waals surface area contributed by atoms with E-state index in [-0.39, 0.29) is 0 Å². The van der Waals surface area contributed by atoms with Crippen LogP contribution in [0.1, 0.15) is 37.7 Å². The van der Waals surface area contributed by atoms with Crippen LogP contribution in [0.3, 0.4) is 0 Å². The van der Waals surface area contributed by atoms with Crippen molar-refractivity contribution in [2.45, 2.75) is 32.1 Å². The zero-order valence-corrected chi connectivity index (χ0v) is 10.3. The third kappa shape index (κ3) is 1.70. The van der Waals surface area contributed by atoms with Crippen molar-refractivity contribution in [3.63, 3.8) is 0 Å². The molecule has 4 nitrogen and oxygen atoms in total. The van der Waals surface area contributed by atoms with E-state index in [0.717, 1.165) is 18.9 Å². The summed E-state index contributed by atoms with van der Waals surface area (Å²) in [5.74, 6) is 0.881. The molecule has 0 atom stereocenters. The lowest BCUT2D eigenvalue weighted by Gasteiger charge is -2.52. The van der Waals surface area contributed by atoms with Gasteiger partial charge in [0.25, 0.3) is 0 Å². The van der Waals surface area contributed by atoms with Gasteiger partial charge in [0.15, 0.2) is 5.82 Å². The van der Waals surface area contributed by atoms with Gasteiger partial charge >= 0.3 is 0 Å². The molecule has 1 aliphatic carbocycles. The summed E-state index contributed by atoms with van der Waals surface area (Å²) in [6.45, 7) is 2.19. The Kier molecular flexibility index (Phi) is 2.36. The van der Waals surface area contributed by atoms with Crippen molar-refractivity contribution in [3.8, 4) is 6.07 Å². The van der Waals surface area contributed by atoms with Crippen molar-refractivity contribution >= 4 is 5.82 Å². The standard InChI is InChI=1S/C13H18N4/c1-16-8-11(7-14)12(15-16)17-9-13(10-17)5-3-2-4-6-13/h8H,2-6,9-10H2,1H3. The highest BCUT2D eigenvalue weighted by Gasteiger charge is 2.44. The van der Waals surface area contributed by atoms with Crippen molar-refractivity contribution in [2.75, 3.05) is 18.0 Å². The maximum Gasteiger partial charge on any atom is 0.168 e. The number of hydrogen-bond acceptors (Lipinski definition) is 3. The molecule has 1 aromatic rings. The lowest BCUT2D eigenvalue weighted by atomic mass is 9.68. The molecule has 0 radical (unpaired) electrons. The fourth-order valence-corrected chi connectivity index (χ4v) is 3.32. The van der Waals surface area contributed by atoms with Crippen LogP contribution >= 0.6 is 0 Å². The summed E-state index contributed by atoms with van der Waals surface area (Å²) < 4.78 is 1.74. The van der Waals surface area contributed by atoms with Crippen molar-refractivity contribution in [1.82, 2.24) is 9.78 Å². The molecule has 0 unspecified atom stereocenters. The SMILES string of the molecule is Cn1cc(C#N)c(N2CC3(CCCCC3)C2)n1. The summed E-state index contributed by atoms with van der Waals surface area (Å²) in [5, 5.41) is 13.5. The third-order valence-electron chi connectivity index (χ3n) is 4.20. The van der Waals surface area contributed by atoms with Crippen LogP contribution in [0.2, 0.25) is 0 Å². The number of hydrogen-bond donors (Lipinski definition) is 0. The van der Waals surface area contributed by atoms with Gasteiger partial charge in [-0.2, -0.15) is 10.4 Å². The molecule has 90 valence electrons. The Balaban J connectivity index is 1.74. The quantitative estimate of drug-likeness (QED) is 0.741. The summed E-state index contributed by atoms with van der Waals surface area (Å²) in [5.41, 5.74) is 1.25. The average Bonchev–Trinajstić information content (AvgIpc) is 2.68. The largest absolute Gasteiger partial charge is 0.353 e. The molecule has 2 aliphatic rings. The van der Waals surface area contributed by atoms with E-state index >= 15 is 0 Å². The van der Waals surface area contributed by atoms with Gasteiger partial charge in [-0.1, -0.05) is 19.3 Å². The van der Waals surface area contributed by atoms with Gasteiger partial charge in [-0.05, 0) is 12.8 Å². The van der Waals surface area contributed by atoms with Crippen molar-refractivity contribution < 1.29 is 0 Å². The normalized spacial score (nSPS) is 22.2. The highest BCUT2D eigenvalue weighted by Crippen LogP contribution is 2.45. The van der Waals surface area contributed by atoms with Gasteiger partial charge in [-0.25, -0.2) is 0 Å². The van der Waals surface area contributed by atoms with Gasteiger partial charge in [-0.3, -0.25) is 4.68 Å². The summed E-state index contributed by atoms with van der Waals surface area (Å²) in [7, 11) is 1.88. The van der Waals surface area contributed by atoms with Crippen LogP contribution in [0.5, 0.6) is 0 Å². The zero-order valence-electron chi connectivity index (χ0n) is 10.3. The lowest BCUT2D eigenvalue weighted by Crippen LogP contribution is -2.57.